The van der Waals surface area contributed by atoms with E-state index in [1.807, 2.05) is 38.2 Å². The molecular formula is C22H20N4O4. The minimum absolute atomic E-state index is 0.181. The number of carbonyl (C=O) groups excluding carboxylic acids is 3. The Balaban J connectivity index is 1.49. The molecular weight excluding hydrogens is 384 g/mol. The van der Waals surface area contributed by atoms with Crippen LogP contribution in [0.5, 0.6) is 0 Å². The van der Waals surface area contributed by atoms with Crippen LogP contribution >= 0.6 is 0 Å². The zero-order valence-corrected chi connectivity index (χ0v) is 16.6. The highest BCUT2D eigenvalue weighted by Gasteiger charge is 2.39. The first-order chi connectivity index (χ1) is 14.4. The van der Waals surface area contributed by atoms with E-state index in [0.717, 1.165) is 33.9 Å². The van der Waals surface area contributed by atoms with Gasteiger partial charge in [0, 0.05) is 31.1 Å². The molecule has 3 amide bonds. The fourth-order valence-electron chi connectivity index (χ4n) is 4.24. The van der Waals surface area contributed by atoms with Gasteiger partial charge in [0.25, 0.3) is 5.91 Å². The maximum atomic E-state index is 12.9. The Labute approximate surface area is 172 Å². The second-order valence-electron chi connectivity index (χ2n) is 7.71. The zero-order valence-electron chi connectivity index (χ0n) is 16.6. The number of imide groups is 1. The predicted molar refractivity (Wildman–Crippen MR) is 107 cm³/mol. The van der Waals surface area contributed by atoms with Crippen molar-refractivity contribution < 1.29 is 18.8 Å². The summed E-state index contributed by atoms with van der Waals surface area (Å²) in [5, 5.41) is 6.71. The van der Waals surface area contributed by atoms with Crippen LogP contribution in [0.25, 0.3) is 22.6 Å². The summed E-state index contributed by atoms with van der Waals surface area (Å²) in [4.78, 5) is 38.1. The molecule has 0 bridgehead atoms. The van der Waals surface area contributed by atoms with E-state index < -0.39 is 11.9 Å². The number of aryl methyl sites for hydroxylation is 2. The van der Waals surface area contributed by atoms with E-state index >= 15 is 0 Å². The minimum atomic E-state index is -0.619. The molecule has 152 valence electrons. The number of benzene rings is 1. The van der Waals surface area contributed by atoms with Crippen LogP contribution in [0.3, 0.4) is 0 Å². The maximum Gasteiger partial charge on any atom is 0.255 e. The average Bonchev–Trinajstić information content (AvgIpc) is 3.39. The number of hydrogen-bond acceptors (Lipinski definition) is 5. The van der Waals surface area contributed by atoms with Gasteiger partial charge in [-0.25, -0.2) is 0 Å². The Bertz CT molecular complexity index is 1210. The zero-order chi connectivity index (χ0) is 21.0. The number of carbonyl (C=O) groups is 3. The normalized spacial score (nSPS) is 18.7. The summed E-state index contributed by atoms with van der Waals surface area (Å²) in [7, 11) is 1.86. The number of furan rings is 1. The van der Waals surface area contributed by atoms with E-state index in [2.05, 4.69) is 10.4 Å². The Morgan fingerprint density at radius 3 is 2.70 bits per heavy atom. The third kappa shape index (κ3) is 2.83. The molecule has 2 aliphatic rings. The van der Waals surface area contributed by atoms with E-state index in [0.29, 0.717) is 18.5 Å². The third-order valence-corrected chi connectivity index (χ3v) is 5.75. The van der Waals surface area contributed by atoms with Gasteiger partial charge in [0.1, 0.15) is 17.5 Å². The number of hydrogen-bond donors (Lipinski definition) is 1. The monoisotopic (exact) mass is 404 g/mol. The van der Waals surface area contributed by atoms with Crippen LogP contribution in [0.2, 0.25) is 0 Å². The number of amides is 3. The van der Waals surface area contributed by atoms with Crippen LogP contribution in [0.4, 0.5) is 0 Å². The number of fused-ring (bicyclic) bond motifs is 1. The SMILES string of the molecule is Cc1ccc(-c2c(-c3ccc4c(c3)CN(C3CCC(=O)NC3=O)C4=O)cnn2C)o1. The fraction of sp³-hybridized carbons (Fsp3) is 0.273. The van der Waals surface area contributed by atoms with Crippen molar-refractivity contribution in [2.75, 3.05) is 0 Å². The lowest BCUT2D eigenvalue weighted by molar-refractivity contribution is -0.136. The van der Waals surface area contributed by atoms with Gasteiger partial charge in [-0.05, 0) is 48.7 Å². The quantitative estimate of drug-likeness (QED) is 0.676. The molecule has 0 radical (unpaired) electrons. The number of nitrogens with one attached hydrogen (secondary N) is 1. The molecule has 2 aromatic heterocycles. The number of piperidine rings is 1. The van der Waals surface area contributed by atoms with Gasteiger partial charge in [-0.3, -0.25) is 24.4 Å². The Morgan fingerprint density at radius 1 is 1.13 bits per heavy atom. The Hall–Kier alpha value is -3.68. The molecule has 8 nitrogen and oxygen atoms in total. The predicted octanol–water partition coefficient (Wildman–Crippen LogP) is 2.42. The molecule has 30 heavy (non-hydrogen) atoms. The molecule has 0 saturated carbocycles. The van der Waals surface area contributed by atoms with Gasteiger partial charge in [0.2, 0.25) is 11.8 Å². The third-order valence-electron chi connectivity index (χ3n) is 5.75. The van der Waals surface area contributed by atoms with E-state index in [4.69, 9.17) is 4.42 Å². The molecule has 2 aliphatic heterocycles. The molecule has 1 aromatic carbocycles. The molecule has 0 spiro atoms. The topological polar surface area (TPSA) is 97.4 Å². The first-order valence-corrected chi connectivity index (χ1v) is 9.79. The van der Waals surface area contributed by atoms with Crippen LogP contribution in [-0.2, 0) is 23.2 Å². The van der Waals surface area contributed by atoms with Gasteiger partial charge in [-0.2, -0.15) is 5.10 Å². The number of nitrogens with zero attached hydrogens (tertiary/aromatic N) is 3. The van der Waals surface area contributed by atoms with Crippen molar-refractivity contribution >= 4 is 17.7 Å². The first kappa shape index (κ1) is 18.4. The number of aromatic nitrogens is 2. The maximum absolute atomic E-state index is 12.9. The second-order valence-corrected chi connectivity index (χ2v) is 7.71. The Morgan fingerprint density at radius 2 is 1.97 bits per heavy atom. The standard InChI is InChI=1S/C22H20N4O4/c1-12-3-7-18(30-12)20-16(10-23-25(20)2)13-4-5-15-14(9-13)11-26(22(15)29)17-6-8-19(27)24-21(17)28/h3-5,7,9-10,17H,6,8,11H2,1-2H3,(H,24,27,28). The van der Waals surface area contributed by atoms with E-state index in [9.17, 15) is 14.4 Å². The smallest absolute Gasteiger partial charge is 0.255 e. The van der Waals surface area contributed by atoms with Crippen LogP contribution < -0.4 is 5.32 Å². The molecule has 4 heterocycles. The molecule has 3 aromatic rings. The molecule has 1 fully saturated rings. The number of rotatable bonds is 3. The highest BCUT2D eigenvalue weighted by atomic mass is 16.3. The molecule has 8 heteroatoms. The highest BCUT2D eigenvalue weighted by Crippen LogP contribution is 2.36. The van der Waals surface area contributed by atoms with Crippen LogP contribution in [0.1, 0.15) is 34.5 Å². The summed E-state index contributed by atoms with van der Waals surface area (Å²) in [5.41, 5.74) is 4.12. The van der Waals surface area contributed by atoms with Crippen LogP contribution in [0.15, 0.2) is 40.9 Å². The second kappa shape index (κ2) is 6.69. The van der Waals surface area contributed by atoms with E-state index in [1.54, 1.807) is 21.8 Å². The van der Waals surface area contributed by atoms with Crippen LogP contribution in [-0.4, -0.2) is 38.4 Å². The first-order valence-electron chi connectivity index (χ1n) is 9.79. The highest BCUT2D eigenvalue weighted by molar-refractivity contribution is 6.05. The molecule has 1 N–H and O–H groups in total. The van der Waals surface area contributed by atoms with E-state index in [1.165, 1.54) is 0 Å². The molecule has 5 rings (SSSR count). The van der Waals surface area contributed by atoms with Gasteiger partial charge < -0.3 is 9.32 Å². The van der Waals surface area contributed by atoms with Crippen molar-refractivity contribution in [3.05, 3.63) is 53.4 Å². The van der Waals surface area contributed by atoms with Gasteiger partial charge in [-0.1, -0.05) is 6.07 Å². The summed E-state index contributed by atoms with van der Waals surface area (Å²) < 4.78 is 7.57. The van der Waals surface area contributed by atoms with Crippen molar-refractivity contribution in [3.63, 3.8) is 0 Å². The summed E-state index contributed by atoms with van der Waals surface area (Å²) in [6.45, 7) is 2.23. The van der Waals surface area contributed by atoms with E-state index in [-0.39, 0.29) is 18.2 Å². The van der Waals surface area contributed by atoms with Crippen LogP contribution in [0, 0.1) is 6.92 Å². The van der Waals surface area contributed by atoms with Gasteiger partial charge in [0.05, 0.1) is 6.20 Å². The summed E-state index contributed by atoms with van der Waals surface area (Å²) in [6, 6.07) is 8.86. The van der Waals surface area contributed by atoms with Crippen molar-refractivity contribution in [3.8, 4) is 22.6 Å². The lowest BCUT2D eigenvalue weighted by Crippen LogP contribution is -2.52. The summed E-state index contributed by atoms with van der Waals surface area (Å²) in [6.07, 6.45) is 2.37. The van der Waals surface area contributed by atoms with Gasteiger partial charge in [-0.15, -0.1) is 0 Å². The van der Waals surface area contributed by atoms with Crippen molar-refractivity contribution in [2.24, 2.45) is 7.05 Å². The molecule has 1 atom stereocenters. The lowest BCUT2D eigenvalue weighted by Gasteiger charge is -2.29. The lowest BCUT2D eigenvalue weighted by atomic mass is 10.00. The van der Waals surface area contributed by atoms with Gasteiger partial charge in [0.15, 0.2) is 5.76 Å². The van der Waals surface area contributed by atoms with Crippen molar-refractivity contribution in [2.45, 2.75) is 32.4 Å². The average molecular weight is 404 g/mol. The molecule has 0 aliphatic carbocycles. The summed E-state index contributed by atoms with van der Waals surface area (Å²) >= 11 is 0. The van der Waals surface area contributed by atoms with Crippen molar-refractivity contribution in [1.82, 2.24) is 20.0 Å². The molecule has 1 saturated heterocycles. The van der Waals surface area contributed by atoms with Crippen molar-refractivity contribution in [1.29, 1.82) is 0 Å². The minimum Gasteiger partial charge on any atom is -0.460 e. The largest absolute Gasteiger partial charge is 0.460 e. The fourth-order valence-corrected chi connectivity index (χ4v) is 4.24. The molecule has 1 unspecified atom stereocenters. The summed E-state index contributed by atoms with van der Waals surface area (Å²) in [5.74, 6) is 0.662. The van der Waals surface area contributed by atoms with Gasteiger partial charge >= 0.3 is 0 Å². The Kier molecular flexibility index (Phi) is 4.09.